The van der Waals surface area contributed by atoms with Gasteiger partial charge in [-0.05, 0) is 45.2 Å². The maximum absolute atomic E-state index is 4.53. The molecule has 1 aliphatic carbocycles. The number of rotatable bonds is 2. The van der Waals surface area contributed by atoms with Crippen molar-refractivity contribution in [3.63, 3.8) is 0 Å². The van der Waals surface area contributed by atoms with Crippen LogP contribution in [0.15, 0.2) is 0 Å². The van der Waals surface area contributed by atoms with Crippen LogP contribution in [0.25, 0.3) is 0 Å². The van der Waals surface area contributed by atoms with E-state index in [1.165, 1.54) is 43.4 Å². The van der Waals surface area contributed by atoms with E-state index in [9.17, 15) is 0 Å². The Bertz CT molecular complexity index is 415. The molecule has 0 aromatic carbocycles. The van der Waals surface area contributed by atoms with Gasteiger partial charge in [0.15, 0.2) is 5.82 Å². The molecule has 1 aromatic heterocycles. The molecule has 1 aromatic rings. The van der Waals surface area contributed by atoms with Crippen molar-refractivity contribution in [3.05, 3.63) is 11.3 Å². The fourth-order valence-corrected chi connectivity index (χ4v) is 3.28. The molecule has 3 N–H and O–H groups in total. The van der Waals surface area contributed by atoms with Crippen molar-refractivity contribution < 1.29 is 0 Å². The van der Waals surface area contributed by atoms with Crippen molar-refractivity contribution in [2.24, 2.45) is 0 Å². The Morgan fingerprint density at radius 2 is 2.06 bits per heavy atom. The fourth-order valence-electron chi connectivity index (χ4n) is 3.28. The van der Waals surface area contributed by atoms with Gasteiger partial charge >= 0.3 is 0 Å². The molecule has 18 heavy (non-hydrogen) atoms. The number of fused-ring (bicyclic) bond motifs is 1. The summed E-state index contributed by atoms with van der Waals surface area (Å²) in [4.78, 5) is 0. The fraction of sp³-hybridized carbons (Fsp3) is 0.786. The van der Waals surface area contributed by atoms with Crippen LogP contribution in [0.2, 0.25) is 0 Å². The van der Waals surface area contributed by atoms with Crippen molar-refractivity contribution in [2.75, 3.05) is 18.4 Å². The predicted octanol–water partition coefficient (Wildman–Crippen LogP) is 2.19. The summed E-state index contributed by atoms with van der Waals surface area (Å²) in [5.74, 6) is 1.12. The molecule has 4 heteroatoms. The number of aromatic nitrogens is 2. The van der Waals surface area contributed by atoms with E-state index < -0.39 is 0 Å². The second kappa shape index (κ2) is 4.57. The minimum atomic E-state index is 0.259. The molecule has 1 saturated heterocycles. The van der Waals surface area contributed by atoms with E-state index in [0.717, 1.165) is 18.9 Å². The Balaban J connectivity index is 1.79. The lowest BCUT2D eigenvalue weighted by Crippen LogP contribution is -2.35. The molecule has 0 amide bonds. The van der Waals surface area contributed by atoms with Crippen LogP contribution >= 0.6 is 0 Å². The molecule has 3 rings (SSSR count). The van der Waals surface area contributed by atoms with E-state index in [1.807, 2.05) is 0 Å². The van der Waals surface area contributed by atoms with Crippen LogP contribution in [0.3, 0.4) is 0 Å². The largest absolute Gasteiger partial charge is 0.366 e. The molecule has 2 aliphatic rings. The van der Waals surface area contributed by atoms with Crippen molar-refractivity contribution >= 4 is 5.82 Å². The van der Waals surface area contributed by atoms with Gasteiger partial charge in [0.25, 0.3) is 0 Å². The first-order valence-electron chi connectivity index (χ1n) is 7.22. The van der Waals surface area contributed by atoms with E-state index in [1.54, 1.807) is 0 Å². The molecule has 1 fully saturated rings. The molecule has 0 saturated carbocycles. The maximum atomic E-state index is 4.53. The number of hydrogen-bond donors (Lipinski definition) is 3. The molecule has 0 bridgehead atoms. The van der Waals surface area contributed by atoms with E-state index in [-0.39, 0.29) is 5.41 Å². The van der Waals surface area contributed by atoms with Gasteiger partial charge in [-0.2, -0.15) is 5.10 Å². The normalized spacial score (nSPS) is 23.7. The standard InChI is InChI=1S/C14H24N4/c1-14(2)7-3-4-11-12(14)17-18-13(11)16-10-5-8-15-9-6-10/h10,15H,3-9H2,1-2H3,(H2,16,17,18). The lowest BCUT2D eigenvalue weighted by atomic mass is 9.76. The van der Waals surface area contributed by atoms with Crippen LogP contribution in [0, 0.1) is 0 Å². The summed E-state index contributed by atoms with van der Waals surface area (Å²) >= 11 is 0. The monoisotopic (exact) mass is 248 g/mol. The third-order valence-electron chi connectivity index (χ3n) is 4.45. The SMILES string of the molecule is CC1(C)CCCc2c(NC3CCNCC3)n[nH]c21. The Kier molecular flexibility index (Phi) is 3.06. The summed E-state index contributed by atoms with van der Waals surface area (Å²) < 4.78 is 0. The second-order valence-corrected chi connectivity index (χ2v) is 6.33. The topological polar surface area (TPSA) is 52.7 Å². The molecule has 0 unspecified atom stereocenters. The van der Waals surface area contributed by atoms with Gasteiger partial charge in [0.1, 0.15) is 0 Å². The van der Waals surface area contributed by atoms with E-state index in [4.69, 9.17) is 0 Å². The minimum absolute atomic E-state index is 0.259. The number of hydrogen-bond acceptors (Lipinski definition) is 3. The van der Waals surface area contributed by atoms with Crippen LogP contribution < -0.4 is 10.6 Å². The van der Waals surface area contributed by atoms with E-state index in [2.05, 4.69) is 34.7 Å². The van der Waals surface area contributed by atoms with Crippen molar-refractivity contribution in [2.45, 2.75) is 57.4 Å². The zero-order valence-corrected chi connectivity index (χ0v) is 11.5. The zero-order chi connectivity index (χ0) is 12.6. The van der Waals surface area contributed by atoms with Crippen LogP contribution in [-0.4, -0.2) is 29.3 Å². The number of nitrogens with one attached hydrogen (secondary N) is 3. The number of aromatic amines is 1. The van der Waals surface area contributed by atoms with Crippen LogP contribution in [-0.2, 0) is 11.8 Å². The number of anilines is 1. The summed E-state index contributed by atoms with van der Waals surface area (Å²) in [7, 11) is 0. The van der Waals surface area contributed by atoms with Crippen LogP contribution in [0.1, 0.15) is 50.8 Å². The Morgan fingerprint density at radius 3 is 2.83 bits per heavy atom. The molecule has 100 valence electrons. The Hall–Kier alpha value is -1.03. The van der Waals surface area contributed by atoms with Gasteiger partial charge < -0.3 is 10.6 Å². The number of nitrogens with zero attached hydrogens (tertiary/aromatic N) is 1. The second-order valence-electron chi connectivity index (χ2n) is 6.33. The quantitative estimate of drug-likeness (QED) is 0.752. The van der Waals surface area contributed by atoms with Gasteiger partial charge in [-0.1, -0.05) is 13.8 Å². The minimum Gasteiger partial charge on any atom is -0.366 e. The summed E-state index contributed by atoms with van der Waals surface area (Å²) in [5, 5.41) is 14.9. The Labute approximate surface area is 109 Å². The smallest absolute Gasteiger partial charge is 0.151 e. The van der Waals surface area contributed by atoms with Gasteiger partial charge in [-0.3, -0.25) is 5.10 Å². The maximum Gasteiger partial charge on any atom is 0.151 e. The molecular weight excluding hydrogens is 224 g/mol. The van der Waals surface area contributed by atoms with Crippen LogP contribution in [0.4, 0.5) is 5.82 Å². The van der Waals surface area contributed by atoms with Gasteiger partial charge in [-0.15, -0.1) is 0 Å². The molecule has 0 spiro atoms. The third kappa shape index (κ3) is 2.14. The van der Waals surface area contributed by atoms with Crippen molar-refractivity contribution in [1.29, 1.82) is 0 Å². The first-order chi connectivity index (χ1) is 8.67. The van der Waals surface area contributed by atoms with Crippen molar-refractivity contribution in [1.82, 2.24) is 15.5 Å². The molecule has 0 radical (unpaired) electrons. The lowest BCUT2D eigenvalue weighted by Gasteiger charge is -2.30. The van der Waals surface area contributed by atoms with Gasteiger partial charge in [0.2, 0.25) is 0 Å². The highest BCUT2D eigenvalue weighted by atomic mass is 15.2. The first-order valence-corrected chi connectivity index (χ1v) is 7.22. The summed E-state index contributed by atoms with van der Waals surface area (Å²) in [6.07, 6.45) is 6.11. The molecular formula is C14H24N4. The average Bonchev–Trinajstić information content (AvgIpc) is 2.75. The predicted molar refractivity (Wildman–Crippen MR) is 74.1 cm³/mol. The zero-order valence-electron chi connectivity index (χ0n) is 11.5. The third-order valence-corrected chi connectivity index (χ3v) is 4.45. The van der Waals surface area contributed by atoms with Gasteiger partial charge in [-0.25, -0.2) is 0 Å². The van der Waals surface area contributed by atoms with Gasteiger partial charge in [0.05, 0.1) is 0 Å². The average molecular weight is 248 g/mol. The van der Waals surface area contributed by atoms with E-state index >= 15 is 0 Å². The summed E-state index contributed by atoms with van der Waals surface area (Å²) in [5.41, 5.74) is 3.05. The van der Waals surface area contributed by atoms with Crippen LogP contribution in [0.5, 0.6) is 0 Å². The highest BCUT2D eigenvalue weighted by Crippen LogP contribution is 2.38. The summed E-state index contributed by atoms with van der Waals surface area (Å²) in [6, 6.07) is 0.587. The van der Waals surface area contributed by atoms with Crippen molar-refractivity contribution in [3.8, 4) is 0 Å². The highest BCUT2D eigenvalue weighted by molar-refractivity contribution is 5.50. The molecule has 1 aliphatic heterocycles. The highest BCUT2D eigenvalue weighted by Gasteiger charge is 2.31. The van der Waals surface area contributed by atoms with Gasteiger partial charge in [0, 0.05) is 22.7 Å². The Morgan fingerprint density at radius 1 is 1.28 bits per heavy atom. The molecule has 0 atom stereocenters. The first kappa shape index (κ1) is 12.0. The lowest BCUT2D eigenvalue weighted by molar-refractivity contribution is 0.420. The number of piperidine rings is 1. The number of H-pyrrole nitrogens is 1. The van der Waals surface area contributed by atoms with E-state index in [0.29, 0.717) is 6.04 Å². The summed E-state index contributed by atoms with van der Waals surface area (Å²) in [6.45, 7) is 6.88. The molecule has 2 heterocycles. The molecule has 4 nitrogen and oxygen atoms in total.